The highest BCUT2D eigenvalue weighted by atomic mass is 16.5. The summed E-state index contributed by atoms with van der Waals surface area (Å²) < 4.78 is 5.51. The van der Waals surface area contributed by atoms with Crippen LogP contribution in [0, 0.1) is 6.92 Å². The maximum atomic E-state index is 5.51. The van der Waals surface area contributed by atoms with Gasteiger partial charge in [0.25, 0.3) is 0 Å². The number of hydrogen-bond donors (Lipinski definition) is 1. The van der Waals surface area contributed by atoms with E-state index in [4.69, 9.17) is 4.74 Å². The molecule has 98 valence electrons. The zero-order chi connectivity index (χ0) is 13.1. The molecule has 3 heteroatoms. The Morgan fingerprint density at radius 1 is 1.26 bits per heavy atom. The first-order chi connectivity index (χ1) is 9.33. The number of aromatic nitrogens is 1. The molecule has 1 aromatic carbocycles. The topological polar surface area (TPSA) is 34.2 Å². The Bertz CT molecular complexity index is 581. The highest BCUT2D eigenvalue weighted by Gasteiger charge is 2.11. The van der Waals surface area contributed by atoms with Gasteiger partial charge in [0.2, 0.25) is 0 Å². The molecule has 1 aliphatic heterocycles. The van der Waals surface area contributed by atoms with Gasteiger partial charge in [-0.15, -0.1) is 0 Å². The Kier molecular flexibility index (Phi) is 3.47. The zero-order valence-electron chi connectivity index (χ0n) is 11.1. The second-order valence-corrected chi connectivity index (χ2v) is 4.91. The first-order valence-electron chi connectivity index (χ1n) is 6.69. The number of benzene rings is 1. The Labute approximate surface area is 113 Å². The van der Waals surface area contributed by atoms with Gasteiger partial charge in [0, 0.05) is 25.7 Å². The van der Waals surface area contributed by atoms with Gasteiger partial charge in [-0.1, -0.05) is 18.2 Å². The van der Waals surface area contributed by atoms with Crippen LogP contribution in [0.3, 0.4) is 0 Å². The molecule has 0 bridgehead atoms. The third-order valence-corrected chi connectivity index (χ3v) is 3.49. The number of nitrogens with one attached hydrogen (secondary N) is 1. The number of pyridine rings is 1. The van der Waals surface area contributed by atoms with Crippen LogP contribution in [0.5, 0.6) is 5.75 Å². The smallest absolute Gasteiger partial charge is 0.122 e. The molecule has 0 saturated carbocycles. The van der Waals surface area contributed by atoms with Crippen molar-refractivity contribution in [1.29, 1.82) is 0 Å². The maximum absolute atomic E-state index is 5.51. The molecule has 0 atom stereocenters. The lowest BCUT2D eigenvalue weighted by Crippen LogP contribution is -2.14. The molecule has 3 nitrogen and oxygen atoms in total. The van der Waals surface area contributed by atoms with Gasteiger partial charge >= 0.3 is 0 Å². The standard InChI is InChI=1S/C16H18N2O/c1-12-3-2-7-18-15(12)11-17-10-13-4-5-16-14(9-13)6-8-19-16/h2-5,7,9,17H,6,8,10-11H2,1H3. The second-order valence-electron chi connectivity index (χ2n) is 4.91. The SMILES string of the molecule is Cc1cccnc1CNCc1ccc2c(c1)CCO2. The summed E-state index contributed by atoms with van der Waals surface area (Å²) in [6, 6.07) is 10.5. The van der Waals surface area contributed by atoms with Crippen molar-refractivity contribution < 1.29 is 4.74 Å². The lowest BCUT2D eigenvalue weighted by atomic mass is 10.1. The van der Waals surface area contributed by atoms with Crippen LogP contribution in [0.1, 0.15) is 22.4 Å². The monoisotopic (exact) mass is 254 g/mol. The number of hydrogen-bond acceptors (Lipinski definition) is 3. The summed E-state index contributed by atoms with van der Waals surface area (Å²) in [5.41, 5.74) is 4.98. The molecular weight excluding hydrogens is 236 g/mol. The minimum absolute atomic E-state index is 0.806. The van der Waals surface area contributed by atoms with Crippen molar-refractivity contribution >= 4 is 0 Å². The fraction of sp³-hybridized carbons (Fsp3) is 0.312. The molecule has 1 aliphatic rings. The summed E-state index contributed by atoms with van der Waals surface area (Å²) in [5, 5.41) is 3.45. The van der Waals surface area contributed by atoms with E-state index in [0.717, 1.165) is 37.6 Å². The van der Waals surface area contributed by atoms with Crippen molar-refractivity contribution in [2.75, 3.05) is 6.61 Å². The molecule has 0 amide bonds. The van der Waals surface area contributed by atoms with E-state index in [9.17, 15) is 0 Å². The number of fused-ring (bicyclic) bond motifs is 1. The van der Waals surface area contributed by atoms with Gasteiger partial charge in [0.15, 0.2) is 0 Å². The van der Waals surface area contributed by atoms with E-state index in [1.807, 2.05) is 12.3 Å². The molecular formula is C16H18N2O. The molecule has 0 unspecified atom stereocenters. The second kappa shape index (κ2) is 5.41. The highest BCUT2D eigenvalue weighted by molar-refractivity contribution is 5.39. The van der Waals surface area contributed by atoms with Crippen LogP contribution in [-0.2, 0) is 19.5 Å². The average Bonchev–Trinajstić information content (AvgIpc) is 2.88. The average molecular weight is 254 g/mol. The van der Waals surface area contributed by atoms with E-state index in [1.165, 1.54) is 16.7 Å². The van der Waals surface area contributed by atoms with Crippen LogP contribution >= 0.6 is 0 Å². The van der Waals surface area contributed by atoms with E-state index in [2.05, 4.69) is 41.5 Å². The van der Waals surface area contributed by atoms with Gasteiger partial charge in [-0.05, 0) is 35.7 Å². The van der Waals surface area contributed by atoms with E-state index in [-0.39, 0.29) is 0 Å². The van der Waals surface area contributed by atoms with Crippen LogP contribution in [0.15, 0.2) is 36.5 Å². The van der Waals surface area contributed by atoms with Crippen molar-refractivity contribution in [3.05, 3.63) is 58.9 Å². The lowest BCUT2D eigenvalue weighted by molar-refractivity contribution is 0.357. The Hall–Kier alpha value is -1.87. The van der Waals surface area contributed by atoms with Crippen LogP contribution in [0.25, 0.3) is 0 Å². The van der Waals surface area contributed by atoms with E-state index in [0.29, 0.717) is 0 Å². The van der Waals surface area contributed by atoms with Gasteiger partial charge in [0.1, 0.15) is 5.75 Å². The minimum Gasteiger partial charge on any atom is -0.493 e. The van der Waals surface area contributed by atoms with Gasteiger partial charge in [-0.25, -0.2) is 0 Å². The lowest BCUT2D eigenvalue weighted by Gasteiger charge is -2.08. The quantitative estimate of drug-likeness (QED) is 0.910. The van der Waals surface area contributed by atoms with E-state index >= 15 is 0 Å². The fourth-order valence-corrected chi connectivity index (χ4v) is 2.38. The largest absolute Gasteiger partial charge is 0.493 e. The molecule has 0 radical (unpaired) electrons. The van der Waals surface area contributed by atoms with Crippen LogP contribution < -0.4 is 10.1 Å². The van der Waals surface area contributed by atoms with Crippen LogP contribution in [0.4, 0.5) is 0 Å². The summed E-state index contributed by atoms with van der Waals surface area (Å²) >= 11 is 0. The summed E-state index contributed by atoms with van der Waals surface area (Å²) in [6.45, 7) is 4.58. The number of ether oxygens (including phenoxy) is 1. The molecule has 0 saturated heterocycles. The normalized spacial score (nSPS) is 13.1. The van der Waals surface area contributed by atoms with Crippen molar-refractivity contribution in [2.24, 2.45) is 0 Å². The number of aryl methyl sites for hydroxylation is 1. The van der Waals surface area contributed by atoms with E-state index in [1.54, 1.807) is 0 Å². The molecule has 1 N–H and O–H groups in total. The molecule has 2 aromatic rings. The van der Waals surface area contributed by atoms with Crippen molar-refractivity contribution in [2.45, 2.75) is 26.4 Å². The predicted molar refractivity (Wildman–Crippen MR) is 75.2 cm³/mol. The van der Waals surface area contributed by atoms with Crippen molar-refractivity contribution in [3.63, 3.8) is 0 Å². The highest BCUT2D eigenvalue weighted by Crippen LogP contribution is 2.25. The third kappa shape index (κ3) is 2.76. The number of rotatable bonds is 4. The molecule has 0 aliphatic carbocycles. The molecule has 0 fully saturated rings. The summed E-state index contributed by atoms with van der Waals surface area (Å²) in [4.78, 5) is 4.38. The van der Waals surface area contributed by atoms with Gasteiger partial charge < -0.3 is 10.1 Å². The molecule has 3 rings (SSSR count). The Morgan fingerprint density at radius 3 is 3.11 bits per heavy atom. The summed E-state index contributed by atoms with van der Waals surface area (Å²) in [7, 11) is 0. The zero-order valence-corrected chi connectivity index (χ0v) is 11.1. The fourth-order valence-electron chi connectivity index (χ4n) is 2.38. The van der Waals surface area contributed by atoms with Crippen LogP contribution in [-0.4, -0.2) is 11.6 Å². The van der Waals surface area contributed by atoms with E-state index < -0.39 is 0 Å². The summed E-state index contributed by atoms with van der Waals surface area (Å²) in [5.74, 6) is 1.05. The van der Waals surface area contributed by atoms with Gasteiger partial charge in [-0.3, -0.25) is 4.98 Å². The Morgan fingerprint density at radius 2 is 2.21 bits per heavy atom. The van der Waals surface area contributed by atoms with Gasteiger partial charge in [-0.2, -0.15) is 0 Å². The Balaban J connectivity index is 1.59. The molecule has 1 aromatic heterocycles. The van der Waals surface area contributed by atoms with Crippen molar-refractivity contribution in [1.82, 2.24) is 10.3 Å². The molecule has 19 heavy (non-hydrogen) atoms. The maximum Gasteiger partial charge on any atom is 0.122 e. The number of nitrogens with zero attached hydrogens (tertiary/aromatic N) is 1. The molecule has 2 heterocycles. The van der Waals surface area contributed by atoms with Crippen molar-refractivity contribution in [3.8, 4) is 5.75 Å². The first-order valence-corrected chi connectivity index (χ1v) is 6.69. The summed E-state index contributed by atoms with van der Waals surface area (Å²) in [6.07, 6.45) is 2.87. The predicted octanol–water partition coefficient (Wildman–Crippen LogP) is 2.61. The minimum atomic E-state index is 0.806. The van der Waals surface area contributed by atoms with Crippen LogP contribution in [0.2, 0.25) is 0 Å². The molecule has 0 spiro atoms. The third-order valence-electron chi connectivity index (χ3n) is 3.49. The van der Waals surface area contributed by atoms with Gasteiger partial charge in [0.05, 0.1) is 12.3 Å². The first kappa shape index (κ1) is 12.2.